The highest BCUT2D eigenvalue weighted by Crippen LogP contribution is 2.31. The molecule has 0 amide bonds. The topological polar surface area (TPSA) is 36.4 Å². The first-order valence-corrected chi connectivity index (χ1v) is 6.48. The lowest BCUT2D eigenvalue weighted by molar-refractivity contribution is 0.199. The first-order chi connectivity index (χ1) is 8.08. The monoisotopic (exact) mass is 234 g/mol. The van der Waals surface area contributed by atoms with Gasteiger partial charge in [0.2, 0.25) is 0 Å². The molecule has 0 aliphatic heterocycles. The maximum Gasteiger partial charge on any atom is 0.128 e. The Morgan fingerprint density at radius 3 is 2.47 bits per heavy atom. The van der Waals surface area contributed by atoms with Gasteiger partial charge in [0.05, 0.1) is 6.10 Å². The summed E-state index contributed by atoms with van der Waals surface area (Å²) >= 11 is 0. The van der Waals surface area contributed by atoms with Gasteiger partial charge >= 0.3 is 0 Å². The van der Waals surface area contributed by atoms with Crippen LogP contribution in [-0.2, 0) is 0 Å². The van der Waals surface area contributed by atoms with Gasteiger partial charge in [-0.05, 0) is 51.2 Å². The Morgan fingerprint density at radius 1 is 1.35 bits per heavy atom. The lowest BCUT2D eigenvalue weighted by Gasteiger charge is -2.28. The Labute approximate surface area is 103 Å². The van der Waals surface area contributed by atoms with Crippen LogP contribution in [0.1, 0.15) is 45.3 Å². The van der Waals surface area contributed by atoms with Gasteiger partial charge in [-0.15, -0.1) is 0 Å². The maximum atomic E-state index is 9.46. The summed E-state index contributed by atoms with van der Waals surface area (Å²) in [6, 6.07) is 4.46. The first-order valence-electron chi connectivity index (χ1n) is 6.48. The molecule has 17 heavy (non-hydrogen) atoms. The van der Waals surface area contributed by atoms with Crippen LogP contribution in [0, 0.1) is 5.92 Å². The molecule has 0 radical (unpaired) electrons. The summed E-state index contributed by atoms with van der Waals surface area (Å²) in [5, 5.41) is 9.46. The largest absolute Gasteiger partial charge is 0.389 e. The quantitative estimate of drug-likeness (QED) is 0.851. The van der Waals surface area contributed by atoms with E-state index in [0.29, 0.717) is 6.04 Å². The average molecular weight is 234 g/mol. The van der Waals surface area contributed by atoms with Crippen molar-refractivity contribution in [3.8, 4) is 0 Å². The predicted octanol–water partition coefficient (Wildman–Crippen LogP) is 2.76. The fraction of sp³-hybridized carbons (Fsp3) is 0.643. The number of aromatic nitrogens is 1. The molecular weight excluding hydrogens is 212 g/mol. The van der Waals surface area contributed by atoms with Gasteiger partial charge in [-0.2, -0.15) is 0 Å². The van der Waals surface area contributed by atoms with Gasteiger partial charge in [-0.1, -0.05) is 6.07 Å². The SMILES string of the molecule is CC(O)c1ccc(N(CC2CC2)C(C)C)nc1. The van der Waals surface area contributed by atoms with Gasteiger partial charge < -0.3 is 10.0 Å². The minimum absolute atomic E-state index is 0.438. The number of pyridine rings is 1. The van der Waals surface area contributed by atoms with E-state index in [1.54, 1.807) is 13.1 Å². The van der Waals surface area contributed by atoms with Gasteiger partial charge in [0.15, 0.2) is 0 Å². The molecule has 1 aromatic rings. The molecule has 0 bridgehead atoms. The number of nitrogens with zero attached hydrogens (tertiary/aromatic N) is 2. The molecule has 1 unspecified atom stereocenters. The molecule has 1 aliphatic rings. The zero-order valence-corrected chi connectivity index (χ0v) is 10.9. The second kappa shape index (κ2) is 5.05. The second-order valence-electron chi connectivity index (χ2n) is 5.32. The van der Waals surface area contributed by atoms with E-state index in [-0.39, 0.29) is 0 Å². The Balaban J connectivity index is 2.11. The molecule has 2 rings (SSSR count). The Hall–Kier alpha value is -1.09. The molecule has 0 spiro atoms. The highest BCUT2D eigenvalue weighted by atomic mass is 16.3. The minimum atomic E-state index is -0.438. The number of aliphatic hydroxyl groups excluding tert-OH is 1. The van der Waals surface area contributed by atoms with Gasteiger partial charge in [0, 0.05) is 18.8 Å². The molecule has 1 heterocycles. The summed E-state index contributed by atoms with van der Waals surface area (Å²) in [6.45, 7) is 7.28. The van der Waals surface area contributed by atoms with Gasteiger partial charge in [-0.25, -0.2) is 4.98 Å². The molecule has 3 heteroatoms. The number of aliphatic hydroxyl groups is 1. The van der Waals surface area contributed by atoms with E-state index in [1.807, 2.05) is 12.1 Å². The Bertz CT molecular complexity index is 355. The summed E-state index contributed by atoms with van der Waals surface area (Å²) in [4.78, 5) is 6.82. The lowest BCUT2D eigenvalue weighted by atomic mass is 10.2. The predicted molar refractivity (Wildman–Crippen MR) is 70.1 cm³/mol. The number of rotatable bonds is 5. The van der Waals surface area contributed by atoms with Crippen molar-refractivity contribution in [2.75, 3.05) is 11.4 Å². The van der Waals surface area contributed by atoms with Crippen LogP contribution >= 0.6 is 0 Å². The summed E-state index contributed by atoms with van der Waals surface area (Å²) in [7, 11) is 0. The third-order valence-electron chi connectivity index (χ3n) is 3.32. The van der Waals surface area contributed by atoms with Crippen molar-refractivity contribution < 1.29 is 5.11 Å². The van der Waals surface area contributed by atoms with Crippen molar-refractivity contribution in [2.24, 2.45) is 5.92 Å². The van der Waals surface area contributed by atoms with Gasteiger partial charge in [0.1, 0.15) is 5.82 Å². The van der Waals surface area contributed by atoms with Crippen LogP contribution in [0.4, 0.5) is 5.82 Å². The van der Waals surface area contributed by atoms with Crippen molar-refractivity contribution in [3.05, 3.63) is 23.9 Å². The highest BCUT2D eigenvalue weighted by Gasteiger charge is 2.26. The van der Waals surface area contributed by atoms with Crippen molar-refractivity contribution in [1.82, 2.24) is 4.98 Å². The summed E-state index contributed by atoms with van der Waals surface area (Å²) in [5.74, 6) is 1.88. The first kappa shape index (κ1) is 12.4. The normalized spacial score (nSPS) is 17.2. The number of hydrogen-bond acceptors (Lipinski definition) is 3. The van der Waals surface area contributed by atoms with Crippen LogP contribution in [0.25, 0.3) is 0 Å². The Kier molecular flexibility index (Phi) is 3.67. The number of anilines is 1. The summed E-state index contributed by atoms with van der Waals surface area (Å²) in [5.41, 5.74) is 0.879. The molecule has 3 nitrogen and oxygen atoms in total. The fourth-order valence-corrected chi connectivity index (χ4v) is 1.96. The second-order valence-corrected chi connectivity index (χ2v) is 5.32. The van der Waals surface area contributed by atoms with Crippen LogP contribution in [0.2, 0.25) is 0 Å². The molecule has 1 saturated carbocycles. The molecule has 0 saturated heterocycles. The van der Waals surface area contributed by atoms with E-state index in [1.165, 1.54) is 12.8 Å². The zero-order chi connectivity index (χ0) is 12.4. The summed E-state index contributed by atoms with van der Waals surface area (Å²) in [6.07, 6.45) is 4.05. The third-order valence-corrected chi connectivity index (χ3v) is 3.32. The molecule has 1 aliphatic carbocycles. The fourth-order valence-electron chi connectivity index (χ4n) is 1.96. The zero-order valence-electron chi connectivity index (χ0n) is 10.9. The van der Waals surface area contributed by atoms with Crippen LogP contribution in [0.5, 0.6) is 0 Å². The maximum absolute atomic E-state index is 9.46. The minimum Gasteiger partial charge on any atom is -0.389 e. The molecular formula is C14H22N2O. The van der Waals surface area contributed by atoms with Crippen molar-refractivity contribution >= 4 is 5.82 Å². The van der Waals surface area contributed by atoms with Crippen molar-refractivity contribution in [1.29, 1.82) is 0 Å². The molecule has 94 valence electrons. The van der Waals surface area contributed by atoms with Crippen LogP contribution in [0.15, 0.2) is 18.3 Å². The third kappa shape index (κ3) is 3.19. The van der Waals surface area contributed by atoms with Gasteiger partial charge in [0.25, 0.3) is 0 Å². The van der Waals surface area contributed by atoms with Crippen molar-refractivity contribution in [2.45, 2.75) is 45.8 Å². The number of hydrogen-bond donors (Lipinski definition) is 1. The molecule has 1 atom stereocenters. The smallest absolute Gasteiger partial charge is 0.128 e. The van der Waals surface area contributed by atoms with E-state index in [2.05, 4.69) is 23.7 Å². The standard InChI is InChI=1S/C14H22N2O/c1-10(2)16(9-12-4-5-12)14-7-6-13(8-15-14)11(3)17/h6-8,10-12,17H,4-5,9H2,1-3H3. The average Bonchev–Trinajstić information content (AvgIpc) is 3.09. The van der Waals surface area contributed by atoms with Crippen LogP contribution in [-0.4, -0.2) is 22.7 Å². The van der Waals surface area contributed by atoms with Gasteiger partial charge in [-0.3, -0.25) is 0 Å². The van der Waals surface area contributed by atoms with E-state index in [9.17, 15) is 5.11 Å². The van der Waals surface area contributed by atoms with Crippen molar-refractivity contribution in [3.63, 3.8) is 0 Å². The van der Waals surface area contributed by atoms with Crippen LogP contribution < -0.4 is 4.90 Å². The highest BCUT2D eigenvalue weighted by molar-refractivity contribution is 5.40. The van der Waals surface area contributed by atoms with E-state index in [4.69, 9.17) is 0 Å². The van der Waals surface area contributed by atoms with E-state index >= 15 is 0 Å². The summed E-state index contributed by atoms with van der Waals surface area (Å²) < 4.78 is 0. The Morgan fingerprint density at radius 2 is 2.06 bits per heavy atom. The lowest BCUT2D eigenvalue weighted by Crippen LogP contribution is -2.33. The van der Waals surface area contributed by atoms with E-state index < -0.39 is 6.10 Å². The molecule has 1 fully saturated rings. The molecule has 0 aromatic carbocycles. The molecule has 1 N–H and O–H groups in total. The van der Waals surface area contributed by atoms with Crippen LogP contribution in [0.3, 0.4) is 0 Å². The van der Waals surface area contributed by atoms with E-state index in [0.717, 1.165) is 23.8 Å². The molecule has 1 aromatic heterocycles.